The maximum Gasteiger partial charge on any atom is 0.432 e. The predicted octanol–water partition coefficient (Wildman–Crippen LogP) is 2.98. The number of aryl methyl sites for hydroxylation is 1. The minimum absolute atomic E-state index is 0.217. The quantitative estimate of drug-likeness (QED) is 0.519. The third-order valence-electron chi connectivity index (χ3n) is 6.06. The van der Waals surface area contributed by atoms with Crippen LogP contribution >= 0.6 is 0 Å². The number of benzene rings is 2. The molecule has 0 saturated heterocycles. The van der Waals surface area contributed by atoms with Gasteiger partial charge >= 0.3 is 17.8 Å². The van der Waals surface area contributed by atoms with Gasteiger partial charge in [0.05, 0.1) is 6.10 Å². The van der Waals surface area contributed by atoms with Gasteiger partial charge in [0.25, 0.3) is 11.2 Å². The third kappa shape index (κ3) is 4.47. The first kappa shape index (κ1) is 25.4. The van der Waals surface area contributed by atoms with Gasteiger partial charge in [0.2, 0.25) is 0 Å². The number of H-pyrrole nitrogens is 1. The van der Waals surface area contributed by atoms with E-state index in [0.29, 0.717) is 5.56 Å². The molecule has 1 N–H and O–H groups in total. The Hall–Kier alpha value is -3.70. The van der Waals surface area contributed by atoms with Gasteiger partial charge in [0.1, 0.15) is 6.61 Å². The average Bonchev–Trinajstić information content (AvgIpc) is 2.85. The molecule has 1 aromatic heterocycles. The van der Waals surface area contributed by atoms with Crippen molar-refractivity contribution in [2.45, 2.75) is 37.5 Å². The van der Waals surface area contributed by atoms with E-state index in [-0.39, 0.29) is 12.0 Å². The second-order valence-electron chi connectivity index (χ2n) is 8.34. The zero-order valence-corrected chi connectivity index (χ0v) is 19.4. The molecule has 11 heteroatoms. The van der Waals surface area contributed by atoms with Crippen LogP contribution in [-0.2, 0) is 31.0 Å². The standard InChI is InChI=1S/C25H23F3N2O6/c1-15-13-30(23(33)29-20(15)31)21-19-11-7-6-8-16(19)12-18(36-21)14-35-22(32)24(34-2,25(26,27)28)17-9-4-3-5-10-17/h3-11,13,18,21H,12,14H2,1-2H3,(H,29,31,33)/t18-,21+,24-/m0/s1. The molecule has 0 amide bonds. The molecule has 1 aliphatic rings. The van der Waals surface area contributed by atoms with Gasteiger partial charge in [-0.3, -0.25) is 14.3 Å². The Kier molecular flexibility index (Phi) is 6.87. The molecule has 0 fully saturated rings. The van der Waals surface area contributed by atoms with E-state index in [1.807, 2.05) is 0 Å². The molecular formula is C25H23F3N2O6. The van der Waals surface area contributed by atoms with E-state index < -0.39 is 53.5 Å². The second kappa shape index (κ2) is 9.75. The molecule has 36 heavy (non-hydrogen) atoms. The van der Waals surface area contributed by atoms with E-state index in [0.717, 1.165) is 24.8 Å². The van der Waals surface area contributed by atoms with Crippen LogP contribution in [0.4, 0.5) is 13.2 Å². The van der Waals surface area contributed by atoms with Crippen molar-refractivity contribution in [2.75, 3.05) is 13.7 Å². The topological polar surface area (TPSA) is 99.6 Å². The molecule has 0 saturated carbocycles. The Labute approximate surface area is 203 Å². The number of carbonyl (C=O) groups is 1. The number of hydrogen-bond donors (Lipinski definition) is 1. The Morgan fingerprint density at radius 1 is 1.11 bits per heavy atom. The summed E-state index contributed by atoms with van der Waals surface area (Å²) < 4.78 is 59.5. The van der Waals surface area contributed by atoms with Crippen LogP contribution in [-0.4, -0.2) is 41.5 Å². The number of aromatic amines is 1. The first-order chi connectivity index (χ1) is 17.1. The van der Waals surface area contributed by atoms with Crippen LogP contribution in [0.3, 0.4) is 0 Å². The lowest BCUT2D eigenvalue weighted by Gasteiger charge is -2.35. The largest absolute Gasteiger partial charge is 0.460 e. The van der Waals surface area contributed by atoms with Crippen molar-refractivity contribution in [3.63, 3.8) is 0 Å². The van der Waals surface area contributed by atoms with Gasteiger partial charge in [0.15, 0.2) is 6.23 Å². The number of carbonyl (C=O) groups excluding carboxylic acids is 1. The van der Waals surface area contributed by atoms with Gasteiger partial charge in [-0.25, -0.2) is 9.59 Å². The van der Waals surface area contributed by atoms with Crippen molar-refractivity contribution >= 4 is 5.97 Å². The number of ether oxygens (including phenoxy) is 3. The molecule has 2 heterocycles. The fraction of sp³-hybridized carbons (Fsp3) is 0.320. The molecule has 0 radical (unpaired) electrons. The molecule has 0 bridgehead atoms. The zero-order chi connectivity index (χ0) is 26.1. The van der Waals surface area contributed by atoms with Crippen molar-refractivity contribution in [1.82, 2.24) is 9.55 Å². The van der Waals surface area contributed by atoms with E-state index in [4.69, 9.17) is 14.2 Å². The van der Waals surface area contributed by atoms with E-state index in [2.05, 4.69) is 4.98 Å². The Balaban J connectivity index is 1.63. The number of hydrogen-bond acceptors (Lipinski definition) is 6. The minimum Gasteiger partial charge on any atom is -0.460 e. The van der Waals surface area contributed by atoms with Gasteiger partial charge in [-0.1, -0.05) is 54.6 Å². The highest BCUT2D eigenvalue weighted by molar-refractivity contribution is 5.82. The Morgan fingerprint density at radius 2 is 1.78 bits per heavy atom. The highest BCUT2D eigenvalue weighted by atomic mass is 19.4. The summed E-state index contributed by atoms with van der Waals surface area (Å²) in [6.45, 7) is 0.989. The maximum atomic E-state index is 14.1. The molecule has 4 rings (SSSR count). The molecule has 190 valence electrons. The minimum atomic E-state index is -5.11. The first-order valence-corrected chi connectivity index (χ1v) is 11.0. The predicted molar refractivity (Wildman–Crippen MR) is 121 cm³/mol. The fourth-order valence-corrected chi connectivity index (χ4v) is 4.24. The summed E-state index contributed by atoms with van der Waals surface area (Å²) in [6.07, 6.45) is -5.43. The van der Waals surface area contributed by atoms with Crippen LogP contribution in [0.25, 0.3) is 0 Å². The lowest BCUT2D eigenvalue weighted by molar-refractivity contribution is -0.277. The summed E-state index contributed by atoms with van der Waals surface area (Å²) in [6, 6.07) is 13.5. The van der Waals surface area contributed by atoms with E-state index in [1.54, 1.807) is 24.3 Å². The Morgan fingerprint density at radius 3 is 2.44 bits per heavy atom. The van der Waals surface area contributed by atoms with Crippen LogP contribution in [0.2, 0.25) is 0 Å². The number of nitrogens with zero attached hydrogens (tertiary/aromatic N) is 1. The van der Waals surface area contributed by atoms with Gasteiger partial charge < -0.3 is 14.2 Å². The highest BCUT2D eigenvalue weighted by Crippen LogP contribution is 2.43. The molecule has 0 aliphatic carbocycles. The molecule has 8 nitrogen and oxygen atoms in total. The summed E-state index contributed by atoms with van der Waals surface area (Å²) in [4.78, 5) is 39.4. The normalized spacial score (nSPS) is 19.2. The van der Waals surface area contributed by atoms with Crippen molar-refractivity contribution < 1.29 is 32.2 Å². The zero-order valence-electron chi connectivity index (χ0n) is 19.4. The number of methoxy groups -OCH3 is 1. The van der Waals surface area contributed by atoms with Crippen molar-refractivity contribution in [2.24, 2.45) is 0 Å². The molecule has 2 aromatic carbocycles. The van der Waals surface area contributed by atoms with Gasteiger partial charge in [-0.15, -0.1) is 0 Å². The van der Waals surface area contributed by atoms with Crippen LogP contribution in [0.5, 0.6) is 0 Å². The van der Waals surface area contributed by atoms with Crippen LogP contribution in [0.1, 0.15) is 28.5 Å². The maximum absolute atomic E-state index is 14.1. The summed E-state index contributed by atoms with van der Waals surface area (Å²) in [5, 5.41) is 0. The lowest BCUT2D eigenvalue weighted by Crippen LogP contribution is -2.52. The number of rotatable bonds is 6. The Bertz CT molecular complexity index is 1370. The number of fused-ring (bicyclic) bond motifs is 1. The molecule has 0 unspecified atom stereocenters. The fourth-order valence-electron chi connectivity index (χ4n) is 4.24. The van der Waals surface area contributed by atoms with E-state index >= 15 is 0 Å². The van der Waals surface area contributed by atoms with Crippen LogP contribution in [0, 0.1) is 6.92 Å². The van der Waals surface area contributed by atoms with E-state index in [9.17, 15) is 27.6 Å². The molecule has 1 aliphatic heterocycles. The highest BCUT2D eigenvalue weighted by Gasteiger charge is 2.64. The van der Waals surface area contributed by atoms with Crippen molar-refractivity contribution in [3.05, 3.63) is 104 Å². The summed E-state index contributed by atoms with van der Waals surface area (Å²) >= 11 is 0. The lowest BCUT2D eigenvalue weighted by atomic mass is 9.92. The summed E-state index contributed by atoms with van der Waals surface area (Å²) in [5.74, 6) is -1.64. The first-order valence-electron chi connectivity index (χ1n) is 11.0. The summed E-state index contributed by atoms with van der Waals surface area (Å²) in [7, 11) is 0.788. The van der Waals surface area contributed by atoms with Gasteiger partial charge in [-0.2, -0.15) is 13.2 Å². The smallest absolute Gasteiger partial charge is 0.432 e. The van der Waals surface area contributed by atoms with Crippen LogP contribution in [0.15, 0.2) is 70.4 Å². The van der Waals surface area contributed by atoms with Crippen molar-refractivity contribution in [3.8, 4) is 0 Å². The monoisotopic (exact) mass is 504 g/mol. The number of halogens is 3. The number of esters is 1. The second-order valence-corrected chi connectivity index (χ2v) is 8.34. The van der Waals surface area contributed by atoms with Gasteiger partial charge in [0, 0.05) is 36.4 Å². The average molecular weight is 504 g/mol. The summed E-state index contributed by atoms with van der Waals surface area (Å²) in [5.41, 5.74) is -3.36. The molecule has 3 atom stereocenters. The third-order valence-corrected chi connectivity index (χ3v) is 6.06. The van der Waals surface area contributed by atoms with E-state index in [1.165, 1.54) is 35.9 Å². The number of aromatic nitrogens is 2. The van der Waals surface area contributed by atoms with Crippen molar-refractivity contribution in [1.29, 1.82) is 0 Å². The van der Waals surface area contributed by atoms with Gasteiger partial charge in [-0.05, 0) is 12.5 Å². The molecular weight excluding hydrogens is 481 g/mol. The molecule has 3 aromatic rings. The number of alkyl halides is 3. The van der Waals surface area contributed by atoms with Crippen LogP contribution < -0.4 is 11.2 Å². The molecule has 0 spiro atoms. The SMILES string of the molecule is CO[C@](C(=O)OC[C@@H]1Cc2ccccc2[C@H](n2cc(C)c(=O)[nH]c2=O)O1)(c1ccccc1)C(F)(F)F. The number of nitrogens with one attached hydrogen (secondary N) is 1.